The van der Waals surface area contributed by atoms with E-state index in [-0.39, 0.29) is 18.7 Å². The summed E-state index contributed by atoms with van der Waals surface area (Å²) in [4.78, 5) is 2.07. The highest BCUT2D eigenvalue weighted by molar-refractivity contribution is 5.13. The maximum atomic E-state index is 8.99. The van der Waals surface area contributed by atoms with Gasteiger partial charge in [0.2, 0.25) is 0 Å². The maximum Gasteiger partial charge on any atom is 0.0558 e. The van der Waals surface area contributed by atoms with Gasteiger partial charge in [-0.25, -0.2) is 0 Å². The van der Waals surface area contributed by atoms with Crippen molar-refractivity contribution in [3.8, 4) is 0 Å². The third-order valence-corrected chi connectivity index (χ3v) is 2.87. The van der Waals surface area contributed by atoms with Crippen molar-refractivity contribution in [1.82, 2.24) is 14.7 Å². The first-order valence-electron chi connectivity index (χ1n) is 5.65. The summed E-state index contributed by atoms with van der Waals surface area (Å²) in [5, 5.41) is 13.2. The Hall–Kier alpha value is -0.910. The van der Waals surface area contributed by atoms with Gasteiger partial charge in [0, 0.05) is 31.4 Å². The van der Waals surface area contributed by atoms with Gasteiger partial charge in [-0.3, -0.25) is 9.58 Å². The molecule has 0 radical (unpaired) electrons. The van der Waals surface area contributed by atoms with Gasteiger partial charge in [-0.1, -0.05) is 6.92 Å². The van der Waals surface area contributed by atoms with Crippen molar-refractivity contribution in [2.75, 3.05) is 20.2 Å². The highest BCUT2D eigenvalue weighted by Gasteiger charge is 2.23. The number of nitrogens with two attached hydrogens (primary N) is 1. The van der Waals surface area contributed by atoms with E-state index in [4.69, 9.17) is 10.8 Å². The third-order valence-electron chi connectivity index (χ3n) is 2.87. The lowest BCUT2D eigenvalue weighted by molar-refractivity contribution is 0.161. The van der Waals surface area contributed by atoms with Crippen molar-refractivity contribution in [2.45, 2.75) is 25.4 Å². The molecule has 0 amide bonds. The minimum Gasteiger partial charge on any atom is -0.395 e. The highest BCUT2D eigenvalue weighted by atomic mass is 16.3. The standard InChI is InChI=1S/C11H22N4O/c1-4-10(12)11(14(2)5-6-16)9-7-13-15(3)8-9/h7-8,10-11,16H,4-6,12H2,1-3H3. The van der Waals surface area contributed by atoms with E-state index in [1.807, 2.05) is 26.5 Å². The predicted molar refractivity (Wildman–Crippen MR) is 63.9 cm³/mol. The Kier molecular flexibility index (Phi) is 4.92. The Bertz CT molecular complexity index is 313. The molecule has 3 N–H and O–H groups in total. The zero-order chi connectivity index (χ0) is 12.1. The number of aromatic nitrogens is 2. The molecule has 0 fully saturated rings. The van der Waals surface area contributed by atoms with E-state index in [1.165, 1.54) is 0 Å². The monoisotopic (exact) mass is 226 g/mol. The van der Waals surface area contributed by atoms with Crippen molar-refractivity contribution < 1.29 is 5.11 Å². The Morgan fingerprint density at radius 2 is 2.31 bits per heavy atom. The molecule has 0 aliphatic carbocycles. The average Bonchev–Trinajstić information content (AvgIpc) is 2.65. The average molecular weight is 226 g/mol. The first kappa shape index (κ1) is 13.2. The van der Waals surface area contributed by atoms with Crippen molar-refractivity contribution in [3.63, 3.8) is 0 Å². The van der Waals surface area contributed by atoms with E-state index in [9.17, 15) is 0 Å². The van der Waals surface area contributed by atoms with E-state index >= 15 is 0 Å². The quantitative estimate of drug-likeness (QED) is 0.723. The number of aryl methyl sites for hydroxylation is 1. The van der Waals surface area contributed by atoms with Crippen LogP contribution in [0.1, 0.15) is 24.9 Å². The lowest BCUT2D eigenvalue weighted by Crippen LogP contribution is -2.39. The topological polar surface area (TPSA) is 67.3 Å². The Morgan fingerprint density at radius 1 is 1.62 bits per heavy atom. The molecule has 0 aliphatic rings. The SMILES string of the molecule is CCC(N)C(c1cnn(C)c1)N(C)CCO. The molecule has 0 spiro atoms. The molecule has 0 saturated carbocycles. The number of rotatable bonds is 6. The Labute approximate surface area is 96.9 Å². The number of aliphatic hydroxyl groups is 1. The molecule has 92 valence electrons. The van der Waals surface area contributed by atoms with Crippen molar-refractivity contribution in [1.29, 1.82) is 0 Å². The molecule has 1 rings (SSSR count). The molecule has 0 saturated heterocycles. The molecule has 0 aromatic carbocycles. The summed E-state index contributed by atoms with van der Waals surface area (Å²) in [7, 11) is 3.87. The third kappa shape index (κ3) is 3.04. The van der Waals surface area contributed by atoms with Crippen LogP contribution in [0.15, 0.2) is 12.4 Å². The summed E-state index contributed by atoms with van der Waals surface area (Å²) < 4.78 is 1.78. The number of nitrogens with zero attached hydrogens (tertiary/aromatic N) is 3. The second kappa shape index (κ2) is 5.98. The Balaban J connectivity index is 2.86. The molecular weight excluding hydrogens is 204 g/mol. The fourth-order valence-corrected chi connectivity index (χ4v) is 1.94. The van der Waals surface area contributed by atoms with Gasteiger partial charge >= 0.3 is 0 Å². The zero-order valence-electron chi connectivity index (χ0n) is 10.3. The highest BCUT2D eigenvalue weighted by Crippen LogP contribution is 2.22. The van der Waals surface area contributed by atoms with Gasteiger partial charge in [0.05, 0.1) is 18.8 Å². The summed E-state index contributed by atoms with van der Waals surface area (Å²) >= 11 is 0. The van der Waals surface area contributed by atoms with E-state index in [0.29, 0.717) is 6.54 Å². The van der Waals surface area contributed by atoms with E-state index in [0.717, 1.165) is 12.0 Å². The van der Waals surface area contributed by atoms with Crippen molar-refractivity contribution in [2.24, 2.45) is 12.8 Å². The minimum atomic E-state index is 0.0562. The van der Waals surface area contributed by atoms with Crippen molar-refractivity contribution >= 4 is 0 Å². The van der Waals surface area contributed by atoms with Gasteiger partial charge < -0.3 is 10.8 Å². The van der Waals surface area contributed by atoms with Gasteiger partial charge in [0.25, 0.3) is 0 Å². The second-order valence-electron chi connectivity index (χ2n) is 4.17. The second-order valence-corrected chi connectivity index (χ2v) is 4.17. The van der Waals surface area contributed by atoms with Gasteiger partial charge in [0.1, 0.15) is 0 Å². The molecule has 1 heterocycles. The molecule has 1 aromatic rings. The molecule has 16 heavy (non-hydrogen) atoms. The number of hydrogen-bond acceptors (Lipinski definition) is 4. The summed E-state index contributed by atoms with van der Waals surface area (Å²) in [5.74, 6) is 0. The molecule has 0 aliphatic heterocycles. The normalized spacial score (nSPS) is 15.4. The van der Waals surface area contributed by atoms with Gasteiger partial charge in [-0.15, -0.1) is 0 Å². The number of aliphatic hydroxyl groups excluding tert-OH is 1. The smallest absolute Gasteiger partial charge is 0.0558 e. The van der Waals surface area contributed by atoms with Gasteiger partial charge in [-0.2, -0.15) is 5.10 Å². The number of hydrogen-bond donors (Lipinski definition) is 2. The van der Waals surface area contributed by atoms with Crippen LogP contribution in [0.2, 0.25) is 0 Å². The van der Waals surface area contributed by atoms with Crippen LogP contribution in [-0.4, -0.2) is 46.0 Å². The lowest BCUT2D eigenvalue weighted by Gasteiger charge is -2.31. The van der Waals surface area contributed by atoms with Crippen LogP contribution < -0.4 is 5.73 Å². The summed E-state index contributed by atoms with van der Waals surface area (Å²) in [6, 6.07) is 0.173. The first-order valence-corrected chi connectivity index (χ1v) is 5.65. The predicted octanol–water partition coefficient (Wildman–Crippen LogP) is 0.123. The van der Waals surface area contributed by atoms with E-state index in [2.05, 4.69) is 16.9 Å². The molecule has 2 unspecified atom stereocenters. The van der Waals surface area contributed by atoms with Crippen LogP contribution in [0, 0.1) is 0 Å². The fraction of sp³-hybridized carbons (Fsp3) is 0.727. The zero-order valence-corrected chi connectivity index (χ0v) is 10.3. The van der Waals surface area contributed by atoms with Gasteiger partial charge in [0.15, 0.2) is 0 Å². The molecular formula is C11H22N4O. The summed E-state index contributed by atoms with van der Waals surface area (Å²) in [6.45, 7) is 2.83. The summed E-state index contributed by atoms with van der Waals surface area (Å²) in [5.41, 5.74) is 7.23. The van der Waals surface area contributed by atoms with Gasteiger partial charge in [-0.05, 0) is 13.5 Å². The molecule has 1 aromatic heterocycles. The summed E-state index contributed by atoms with van der Waals surface area (Å²) in [6.07, 6.45) is 4.72. The molecule has 2 atom stereocenters. The van der Waals surface area contributed by atoms with E-state index < -0.39 is 0 Å². The lowest BCUT2D eigenvalue weighted by atomic mass is 9.99. The van der Waals surface area contributed by atoms with Crippen molar-refractivity contribution in [3.05, 3.63) is 18.0 Å². The molecule has 5 heteroatoms. The molecule has 0 bridgehead atoms. The number of likely N-dealkylation sites (N-methyl/N-ethyl adjacent to an activating group) is 1. The van der Waals surface area contributed by atoms with Crippen LogP contribution in [0.25, 0.3) is 0 Å². The van der Waals surface area contributed by atoms with Crippen LogP contribution in [0.5, 0.6) is 0 Å². The Morgan fingerprint density at radius 3 is 2.75 bits per heavy atom. The minimum absolute atomic E-state index is 0.0562. The van der Waals surface area contributed by atoms with Crippen LogP contribution in [-0.2, 0) is 7.05 Å². The first-order chi connectivity index (χ1) is 7.60. The van der Waals surface area contributed by atoms with Crippen LogP contribution in [0.4, 0.5) is 0 Å². The van der Waals surface area contributed by atoms with Crippen LogP contribution >= 0.6 is 0 Å². The fourth-order valence-electron chi connectivity index (χ4n) is 1.94. The molecule has 5 nitrogen and oxygen atoms in total. The van der Waals surface area contributed by atoms with E-state index in [1.54, 1.807) is 4.68 Å². The van der Waals surface area contributed by atoms with Crippen LogP contribution in [0.3, 0.4) is 0 Å². The largest absolute Gasteiger partial charge is 0.395 e. The maximum absolute atomic E-state index is 8.99.